The van der Waals surface area contributed by atoms with Crippen LogP contribution in [0.4, 0.5) is 0 Å². The van der Waals surface area contributed by atoms with Gasteiger partial charge in [-0.25, -0.2) is 10.6 Å². The van der Waals surface area contributed by atoms with Gasteiger partial charge in [0.15, 0.2) is 0 Å². The van der Waals surface area contributed by atoms with E-state index >= 15 is 0 Å². The Morgan fingerprint density at radius 3 is 2.64 bits per heavy atom. The molecule has 0 aliphatic rings. The average molecular weight is 189 g/mol. The molecule has 0 aliphatic carbocycles. The second-order valence-electron chi connectivity index (χ2n) is 2.93. The molecule has 14 heavy (non-hydrogen) atoms. The van der Waals surface area contributed by atoms with Gasteiger partial charge in [0.1, 0.15) is 0 Å². The van der Waals surface area contributed by atoms with Crippen molar-refractivity contribution in [2.45, 2.75) is 6.61 Å². The van der Waals surface area contributed by atoms with Gasteiger partial charge in [-0.3, -0.25) is 4.84 Å². The summed E-state index contributed by atoms with van der Waals surface area (Å²) < 4.78 is 1.80. The van der Waals surface area contributed by atoms with Crippen LogP contribution in [0, 0.1) is 0 Å². The Morgan fingerprint density at radius 2 is 2.07 bits per heavy atom. The van der Waals surface area contributed by atoms with Gasteiger partial charge in [0.25, 0.3) is 0 Å². The van der Waals surface area contributed by atoms with Crippen molar-refractivity contribution in [2.75, 3.05) is 0 Å². The van der Waals surface area contributed by atoms with Crippen LogP contribution in [0.25, 0.3) is 5.69 Å². The van der Waals surface area contributed by atoms with Gasteiger partial charge >= 0.3 is 0 Å². The SMILES string of the molecule is NOCc1ccc(-n2cccn2)cc1. The lowest BCUT2D eigenvalue weighted by atomic mass is 10.2. The second-order valence-corrected chi connectivity index (χ2v) is 2.93. The van der Waals surface area contributed by atoms with E-state index in [4.69, 9.17) is 5.90 Å². The summed E-state index contributed by atoms with van der Waals surface area (Å²) in [6, 6.07) is 9.76. The van der Waals surface area contributed by atoms with E-state index in [9.17, 15) is 0 Å². The summed E-state index contributed by atoms with van der Waals surface area (Å²) in [5, 5.41) is 4.12. The Hall–Kier alpha value is -1.65. The average Bonchev–Trinajstić information content (AvgIpc) is 2.72. The molecule has 0 bridgehead atoms. The van der Waals surface area contributed by atoms with Crippen LogP contribution < -0.4 is 5.90 Å². The molecule has 1 aromatic carbocycles. The lowest BCUT2D eigenvalue weighted by Crippen LogP contribution is -1.99. The summed E-state index contributed by atoms with van der Waals surface area (Å²) in [4.78, 5) is 4.54. The maximum Gasteiger partial charge on any atom is 0.0930 e. The Labute approximate surface area is 81.9 Å². The first-order chi connectivity index (χ1) is 6.90. The third-order valence-corrected chi connectivity index (χ3v) is 1.96. The van der Waals surface area contributed by atoms with Gasteiger partial charge in [0.2, 0.25) is 0 Å². The van der Waals surface area contributed by atoms with Crippen LogP contribution in [0.3, 0.4) is 0 Å². The molecule has 4 nitrogen and oxygen atoms in total. The first-order valence-corrected chi connectivity index (χ1v) is 4.31. The molecular formula is C10H11N3O. The molecule has 0 saturated carbocycles. The van der Waals surface area contributed by atoms with Gasteiger partial charge in [-0.15, -0.1) is 0 Å². The van der Waals surface area contributed by atoms with Crippen molar-refractivity contribution < 1.29 is 4.84 Å². The molecule has 1 aromatic heterocycles. The highest BCUT2D eigenvalue weighted by Gasteiger charge is 1.96. The van der Waals surface area contributed by atoms with Crippen LogP contribution in [-0.4, -0.2) is 9.78 Å². The van der Waals surface area contributed by atoms with Crippen molar-refractivity contribution in [3.8, 4) is 5.69 Å². The number of hydrogen-bond donors (Lipinski definition) is 1. The van der Waals surface area contributed by atoms with Crippen LogP contribution in [-0.2, 0) is 11.4 Å². The molecule has 0 atom stereocenters. The summed E-state index contributed by atoms with van der Waals surface area (Å²) in [6.07, 6.45) is 3.64. The van der Waals surface area contributed by atoms with E-state index in [0.29, 0.717) is 6.61 Å². The van der Waals surface area contributed by atoms with Crippen LogP contribution in [0.1, 0.15) is 5.56 Å². The molecule has 2 N–H and O–H groups in total. The number of rotatable bonds is 3. The fourth-order valence-corrected chi connectivity index (χ4v) is 1.26. The number of nitrogens with zero attached hydrogens (tertiary/aromatic N) is 2. The highest BCUT2D eigenvalue weighted by molar-refractivity contribution is 5.33. The standard InChI is InChI=1S/C10H11N3O/c11-14-8-9-2-4-10(5-3-9)13-7-1-6-12-13/h1-7H,8,11H2. The second kappa shape index (κ2) is 4.04. The molecular weight excluding hydrogens is 178 g/mol. The molecule has 2 rings (SSSR count). The molecule has 0 spiro atoms. The summed E-state index contributed by atoms with van der Waals surface area (Å²) in [5.41, 5.74) is 2.07. The lowest BCUT2D eigenvalue weighted by Gasteiger charge is -2.02. The molecule has 0 aliphatic heterocycles. The van der Waals surface area contributed by atoms with Crippen molar-refractivity contribution in [1.29, 1.82) is 0 Å². The van der Waals surface area contributed by atoms with Crippen molar-refractivity contribution in [2.24, 2.45) is 5.90 Å². The minimum absolute atomic E-state index is 0.430. The van der Waals surface area contributed by atoms with Crippen molar-refractivity contribution in [3.05, 3.63) is 48.3 Å². The van der Waals surface area contributed by atoms with Crippen LogP contribution >= 0.6 is 0 Å². The van der Waals surface area contributed by atoms with Gasteiger partial charge < -0.3 is 0 Å². The maximum atomic E-state index is 4.98. The first-order valence-electron chi connectivity index (χ1n) is 4.31. The first kappa shape index (κ1) is 8.93. The fourth-order valence-electron chi connectivity index (χ4n) is 1.26. The third kappa shape index (κ3) is 1.81. The van der Waals surface area contributed by atoms with Crippen LogP contribution in [0.5, 0.6) is 0 Å². The maximum absolute atomic E-state index is 4.98. The summed E-state index contributed by atoms with van der Waals surface area (Å²) in [7, 11) is 0. The van der Waals surface area contributed by atoms with Crippen molar-refractivity contribution >= 4 is 0 Å². The van der Waals surface area contributed by atoms with Gasteiger partial charge in [-0.1, -0.05) is 12.1 Å². The predicted octanol–water partition coefficient (Wildman–Crippen LogP) is 1.26. The lowest BCUT2D eigenvalue weighted by molar-refractivity contribution is 0.124. The highest BCUT2D eigenvalue weighted by Crippen LogP contribution is 2.08. The van der Waals surface area contributed by atoms with Gasteiger partial charge in [0.05, 0.1) is 12.3 Å². The van der Waals surface area contributed by atoms with E-state index in [2.05, 4.69) is 9.94 Å². The van der Waals surface area contributed by atoms with Crippen LogP contribution in [0.2, 0.25) is 0 Å². The largest absolute Gasteiger partial charge is 0.300 e. The predicted molar refractivity (Wildman–Crippen MR) is 52.5 cm³/mol. The van der Waals surface area contributed by atoms with E-state index in [1.54, 1.807) is 10.9 Å². The summed E-state index contributed by atoms with van der Waals surface area (Å²) in [5.74, 6) is 4.98. The van der Waals surface area contributed by atoms with Crippen LogP contribution in [0.15, 0.2) is 42.7 Å². The van der Waals surface area contributed by atoms with E-state index in [1.807, 2.05) is 36.5 Å². The molecule has 0 fully saturated rings. The van der Waals surface area contributed by atoms with E-state index in [1.165, 1.54) is 0 Å². The van der Waals surface area contributed by atoms with Crippen molar-refractivity contribution in [3.63, 3.8) is 0 Å². The molecule has 72 valence electrons. The number of benzene rings is 1. The Kier molecular flexibility index (Phi) is 2.58. The van der Waals surface area contributed by atoms with Crippen molar-refractivity contribution in [1.82, 2.24) is 9.78 Å². The van der Waals surface area contributed by atoms with E-state index in [-0.39, 0.29) is 0 Å². The number of hydrogen-bond acceptors (Lipinski definition) is 3. The molecule has 0 radical (unpaired) electrons. The molecule has 1 heterocycles. The number of aromatic nitrogens is 2. The Morgan fingerprint density at radius 1 is 1.29 bits per heavy atom. The summed E-state index contributed by atoms with van der Waals surface area (Å²) in [6.45, 7) is 0.430. The zero-order valence-corrected chi connectivity index (χ0v) is 7.63. The summed E-state index contributed by atoms with van der Waals surface area (Å²) >= 11 is 0. The minimum Gasteiger partial charge on any atom is -0.300 e. The molecule has 2 aromatic rings. The smallest absolute Gasteiger partial charge is 0.0930 e. The molecule has 4 heteroatoms. The normalized spacial score (nSPS) is 10.4. The molecule has 0 amide bonds. The molecule has 0 saturated heterocycles. The minimum atomic E-state index is 0.430. The topological polar surface area (TPSA) is 53.1 Å². The Balaban J connectivity index is 2.22. The Bertz CT molecular complexity index is 380. The van der Waals surface area contributed by atoms with E-state index in [0.717, 1.165) is 11.3 Å². The quantitative estimate of drug-likeness (QED) is 0.739. The highest BCUT2D eigenvalue weighted by atomic mass is 16.6. The molecule has 0 unspecified atom stereocenters. The van der Waals surface area contributed by atoms with Gasteiger partial charge in [-0.2, -0.15) is 5.10 Å². The van der Waals surface area contributed by atoms with Gasteiger partial charge in [-0.05, 0) is 23.8 Å². The van der Waals surface area contributed by atoms with E-state index < -0.39 is 0 Å². The zero-order chi connectivity index (χ0) is 9.80. The monoisotopic (exact) mass is 189 g/mol. The third-order valence-electron chi connectivity index (χ3n) is 1.96. The fraction of sp³-hybridized carbons (Fsp3) is 0.100. The van der Waals surface area contributed by atoms with Gasteiger partial charge in [0, 0.05) is 12.4 Å². The zero-order valence-electron chi connectivity index (χ0n) is 7.63. The number of nitrogens with two attached hydrogens (primary N) is 1.